The molecule has 0 saturated carbocycles. The molecule has 0 aliphatic rings. The van der Waals surface area contributed by atoms with Crippen LogP contribution >= 0.6 is 0 Å². The van der Waals surface area contributed by atoms with Gasteiger partial charge in [0.2, 0.25) is 5.91 Å². The Morgan fingerprint density at radius 1 is 1.27 bits per heavy atom. The molecule has 15 heavy (non-hydrogen) atoms. The summed E-state index contributed by atoms with van der Waals surface area (Å²) in [5.41, 5.74) is 0. The molecule has 0 rings (SSSR count). The summed E-state index contributed by atoms with van der Waals surface area (Å²) in [5, 5.41) is 11.3. The molecule has 0 aliphatic carbocycles. The molecular formula is C11H23NO3. The van der Waals surface area contributed by atoms with E-state index in [9.17, 15) is 4.79 Å². The number of hydrogen-bond donors (Lipinski definition) is 2. The van der Waals surface area contributed by atoms with Crippen molar-refractivity contribution in [2.75, 3.05) is 26.4 Å². The predicted octanol–water partition coefficient (Wildman–Crippen LogP) is 1.08. The average Bonchev–Trinajstić information content (AvgIpc) is 2.23. The fourth-order valence-electron chi connectivity index (χ4n) is 1.13. The largest absolute Gasteiger partial charge is 0.396 e. The minimum Gasteiger partial charge on any atom is -0.396 e. The number of ether oxygens (including phenoxy) is 1. The normalized spacial score (nSPS) is 10.3. The molecule has 90 valence electrons. The van der Waals surface area contributed by atoms with Gasteiger partial charge in [-0.05, 0) is 25.7 Å². The summed E-state index contributed by atoms with van der Waals surface area (Å²) in [4.78, 5) is 11.2. The number of hydrogen-bond acceptors (Lipinski definition) is 3. The first-order chi connectivity index (χ1) is 7.31. The number of amides is 1. The first-order valence-electron chi connectivity index (χ1n) is 5.76. The molecule has 0 unspecified atom stereocenters. The van der Waals surface area contributed by atoms with Crippen LogP contribution in [-0.4, -0.2) is 37.4 Å². The smallest absolute Gasteiger partial charge is 0.219 e. The van der Waals surface area contributed by atoms with Crippen LogP contribution in [0.1, 0.15) is 39.0 Å². The van der Waals surface area contributed by atoms with E-state index in [0.29, 0.717) is 26.0 Å². The van der Waals surface area contributed by atoms with Crippen LogP contribution in [0.25, 0.3) is 0 Å². The third-order valence-electron chi connectivity index (χ3n) is 1.95. The van der Waals surface area contributed by atoms with Gasteiger partial charge in [-0.3, -0.25) is 4.79 Å². The number of nitrogens with one attached hydrogen (secondary N) is 1. The van der Waals surface area contributed by atoms with E-state index in [1.807, 2.05) is 0 Å². The molecule has 2 N–H and O–H groups in total. The van der Waals surface area contributed by atoms with Crippen molar-refractivity contribution >= 4 is 5.91 Å². The maximum atomic E-state index is 11.2. The van der Waals surface area contributed by atoms with Crippen molar-refractivity contribution in [3.8, 4) is 0 Å². The Kier molecular flexibility index (Phi) is 11.0. The first-order valence-corrected chi connectivity index (χ1v) is 5.76. The van der Waals surface area contributed by atoms with Gasteiger partial charge in [0.05, 0.1) is 0 Å². The molecule has 0 aromatic carbocycles. The summed E-state index contributed by atoms with van der Waals surface area (Å²) in [5.74, 6) is 0.0685. The van der Waals surface area contributed by atoms with E-state index < -0.39 is 0 Å². The van der Waals surface area contributed by atoms with E-state index >= 15 is 0 Å². The highest BCUT2D eigenvalue weighted by molar-refractivity contribution is 5.75. The Morgan fingerprint density at radius 2 is 2.07 bits per heavy atom. The summed E-state index contributed by atoms with van der Waals surface area (Å²) >= 11 is 0. The number of carbonyl (C=O) groups is 1. The molecule has 0 saturated heterocycles. The summed E-state index contributed by atoms with van der Waals surface area (Å²) in [7, 11) is 0. The van der Waals surface area contributed by atoms with Crippen molar-refractivity contribution in [1.29, 1.82) is 0 Å². The topological polar surface area (TPSA) is 58.6 Å². The van der Waals surface area contributed by atoms with Crippen molar-refractivity contribution < 1.29 is 14.6 Å². The average molecular weight is 217 g/mol. The van der Waals surface area contributed by atoms with Gasteiger partial charge < -0.3 is 15.2 Å². The van der Waals surface area contributed by atoms with Crippen LogP contribution in [0.2, 0.25) is 0 Å². The van der Waals surface area contributed by atoms with Crippen LogP contribution in [0.4, 0.5) is 0 Å². The lowest BCUT2D eigenvalue weighted by Crippen LogP contribution is -2.25. The van der Waals surface area contributed by atoms with Gasteiger partial charge in [0, 0.05) is 32.8 Å². The minimum absolute atomic E-state index is 0.0685. The standard InChI is InChI=1S/C11H23NO3/c1-2-9-15-10-5-7-12-11(14)6-3-4-8-13/h13H,2-10H2,1H3,(H,12,14). The predicted molar refractivity (Wildman–Crippen MR) is 59.7 cm³/mol. The van der Waals surface area contributed by atoms with Gasteiger partial charge in [-0.1, -0.05) is 6.92 Å². The molecule has 4 nitrogen and oxygen atoms in total. The van der Waals surface area contributed by atoms with E-state index in [1.165, 1.54) is 0 Å². The van der Waals surface area contributed by atoms with Crippen LogP contribution in [-0.2, 0) is 9.53 Å². The van der Waals surface area contributed by atoms with E-state index in [-0.39, 0.29) is 12.5 Å². The van der Waals surface area contributed by atoms with Gasteiger partial charge in [-0.25, -0.2) is 0 Å². The van der Waals surface area contributed by atoms with Crippen LogP contribution in [0.15, 0.2) is 0 Å². The second-order valence-electron chi connectivity index (χ2n) is 3.50. The molecule has 0 radical (unpaired) electrons. The van der Waals surface area contributed by atoms with Gasteiger partial charge in [0.15, 0.2) is 0 Å². The molecule has 0 aromatic heterocycles. The van der Waals surface area contributed by atoms with E-state index in [0.717, 1.165) is 25.9 Å². The fourth-order valence-corrected chi connectivity index (χ4v) is 1.13. The Morgan fingerprint density at radius 3 is 2.73 bits per heavy atom. The Labute approximate surface area is 92.0 Å². The van der Waals surface area contributed by atoms with Gasteiger partial charge in [0.25, 0.3) is 0 Å². The van der Waals surface area contributed by atoms with E-state index in [1.54, 1.807) is 0 Å². The van der Waals surface area contributed by atoms with Crippen LogP contribution in [0.5, 0.6) is 0 Å². The van der Waals surface area contributed by atoms with Crippen molar-refractivity contribution in [1.82, 2.24) is 5.32 Å². The SMILES string of the molecule is CCCOCCCNC(=O)CCCCO. The fraction of sp³-hybridized carbons (Fsp3) is 0.909. The summed E-state index contributed by atoms with van der Waals surface area (Å²) in [6.07, 6.45) is 3.87. The zero-order chi connectivity index (χ0) is 11.4. The van der Waals surface area contributed by atoms with Crippen molar-refractivity contribution in [2.45, 2.75) is 39.0 Å². The number of aliphatic hydroxyl groups is 1. The van der Waals surface area contributed by atoms with Crippen LogP contribution in [0.3, 0.4) is 0 Å². The monoisotopic (exact) mass is 217 g/mol. The maximum absolute atomic E-state index is 11.2. The molecule has 4 heteroatoms. The third-order valence-corrected chi connectivity index (χ3v) is 1.95. The van der Waals surface area contributed by atoms with Crippen LogP contribution < -0.4 is 5.32 Å². The lowest BCUT2D eigenvalue weighted by Gasteiger charge is -2.05. The molecule has 0 atom stereocenters. The van der Waals surface area contributed by atoms with Gasteiger partial charge in [-0.15, -0.1) is 0 Å². The molecular weight excluding hydrogens is 194 g/mol. The number of carbonyl (C=O) groups excluding carboxylic acids is 1. The van der Waals surface area contributed by atoms with E-state index in [4.69, 9.17) is 9.84 Å². The maximum Gasteiger partial charge on any atom is 0.219 e. The summed E-state index contributed by atoms with van der Waals surface area (Å²) < 4.78 is 5.28. The van der Waals surface area contributed by atoms with Gasteiger partial charge >= 0.3 is 0 Å². The number of rotatable bonds is 10. The molecule has 1 amide bonds. The second kappa shape index (κ2) is 11.5. The highest BCUT2D eigenvalue weighted by Crippen LogP contribution is 1.93. The zero-order valence-electron chi connectivity index (χ0n) is 9.63. The molecule has 0 bridgehead atoms. The highest BCUT2D eigenvalue weighted by Gasteiger charge is 1.99. The first kappa shape index (κ1) is 14.4. The second-order valence-corrected chi connectivity index (χ2v) is 3.50. The minimum atomic E-state index is 0.0685. The summed E-state index contributed by atoms with van der Waals surface area (Å²) in [6, 6.07) is 0. The Bertz CT molecular complexity index is 151. The van der Waals surface area contributed by atoms with Gasteiger partial charge in [0.1, 0.15) is 0 Å². The number of unbranched alkanes of at least 4 members (excludes halogenated alkanes) is 1. The third kappa shape index (κ3) is 11.3. The quantitative estimate of drug-likeness (QED) is 0.538. The lowest BCUT2D eigenvalue weighted by molar-refractivity contribution is -0.121. The Hall–Kier alpha value is -0.610. The van der Waals surface area contributed by atoms with Crippen molar-refractivity contribution in [3.63, 3.8) is 0 Å². The molecule has 0 aliphatic heterocycles. The van der Waals surface area contributed by atoms with Crippen molar-refractivity contribution in [2.24, 2.45) is 0 Å². The molecule has 0 aromatic rings. The lowest BCUT2D eigenvalue weighted by atomic mass is 10.2. The molecule has 0 spiro atoms. The van der Waals surface area contributed by atoms with E-state index in [2.05, 4.69) is 12.2 Å². The van der Waals surface area contributed by atoms with Gasteiger partial charge in [-0.2, -0.15) is 0 Å². The molecule has 0 fully saturated rings. The summed E-state index contributed by atoms with van der Waals surface area (Å²) in [6.45, 7) is 4.43. The number of aliphatic hydroxyl groups excluding tert-OH is 1. The van der Waals surface area contributed by atoms with Crippen LogP contribution in [0, 0.1) is 0 Å². The molecule has 0 heterocycles. The highest BCUT2D eigenvalue weighted by atomic mass is 16.5. The zero-order valence-corrected chi connectivity index (χ0v) is 9.63. The van der Waals surface area contributed by atoms with Crippen molar-refractivity contribution in [3.05, 3.63) is 0 Å². The Balaban J connectivity index is 3.10.